The molecule has 1 saturated carbocycles. The minimum atomic E-state index is -0.609. The van der Waals surface area contributed by atoms with Crippen LogP contribution in [0.2, 0.25) is 0 Å². The Bertz CT molecular complexity index is 428. The third-order valence-corrected chi connectivity index (χ3v) is 3.41. The first kappa shape index (κ1) is 10.1. The van der Waals surface area contributed by atoms with E-state index in [0.29, 0.717) is 5.56 Å². The second-order valence-electron chi connectivity index (χ2n) is 4.86. The molecular formula is C11H15NO3. The number of hydrogen-bond acceptors (Lipinski definition) is 4. The van der Waals surface area contributed by atoms with Gasteiger partial charge >= 0.3 is 0 Å². The van der Waals surface area contributed by atoms with Crippen molar-refractivity contribution in [2.24, 2.45) is 11.1 Å². The van der Waals surface area contributed by atoms with Crippen LogP contribution in [0.4, 0.5) is 0 Å². The molecule has 15 heavy (non-hydrogen) atoms. The molecule has 0 spiro atoms. The third-order valence-electron chi connectivity index (χ3n) is 3.41. The molecule has 1 aliphatic rings. The fourth-order valence-corrected chi connectivity index (χ4v) is 2.04. The molecule has 0 bridgehead atoms. The van der Waals surface area contributed by atoms with Crippen LogP contribution in [0.15, 0.2) is 12.1 Å². The zero-order valence-electron chi connectivity index (χ0n) is 8.78. The summed E-state index contributed by atoms with van der Waals surface area (Å²) in [7, 11) is 0. The van der Waals surface area contributed by atoms with Gasteiger partial charge in [0.05, 0.1) is 5.54 Å². The van der Waals surface area contributed by atoms with E-state index in [4.69, 9.17) is 5.73 Å². The average molecular weight is 209 g/mol. The lowest BCUT2D eigenvalue weighted by Gasteiger charge is -2.17. The van der Waals surface area contributed by atoms with Gasteiger partial charge in [-0.25, -0.2) is 0 Å². The van der Waals surface area contributed by atoms with E-state index in [2.05, 4.69) is 0 Å². The number of nitrogens with two attached hydrogens (primary N) is 1. The number of phenolic OH excluding ortho intramolecular Hbond substituents is 3. The second kappa shape index (κ2) is 2.58. The van der Waals surface area contributed by atoms with Crippen LogP contribution in [0, 0.1) is 5.41 Å². The third kappa shape index (κ3) is 1.18. The van der Waals surface area contributed by atoms with Crippen molar-refractivity contribution in [1.29, 1.82) is 0 Å². The number of hydrogen-bond donors (Lipinski definition) is 4. The molecule has 2 rings (SSSR count). The monoisotopic (exact) mass is 209 g/mol. The second-order valence-corrected chi connectivity index (χ2v) is 4.86. The Balaban J connectivity index is 2.53. The number of aromatic hydroxyl groups is 3. The van der Waals surface area contributed by atoms with Crippen molar-refractivity contribution in [3.8, 4) is 17.2 Å². The van der Waals surface area contributed by atoms with Gasteiger partial charge in [-0.15, -0.1) is 0 Å². The summed E-state index contributed by atoms with van der Waals surface area (Å²) in [6.07, 6.45) is 0.748. The molecule has 0 aromatic heterocycles. The van der Waals surface area contributed by atoms with Gasteiger partial charge in [0.25, 0.3) is 0 Å². The van der Waals surface area contributed by atoms with E-state index in [-0.39, 0.29) is 16.9 Å². The van der Waals surface area contributed by atoms with Gasteiger partial charge in [-0.3, -0.25) is 0 Å². The van der Waals surface area contributed by atoms with Crippen molar-refractivity contribution >= 4 is 0 Å². The van der Waals surface area contributed by atoms with Crippen LogP contribution in [0.3, 0.4) is 0 Å². The van der Waals surface area contributed by atoms with E-state index in [1.807, 2.05) is 13.8 Å². The lowest BCUT2D eigenvalue weighted by Crippen LogP contribution is -2.25. The zero-order valence-corrected chi connectivity index (χ0v) is 8.78. The molecule has 0 aliphatic heterocycles. The van der Waals surface area contributed by atoms with E-state index >= 15 is 0 Å². The molecule has 5 N–H and O–H groups in total. The first-order chi connectivity index (χ1) is 6.79. The van der Waals surface area contributed by atoms with E-state index in [0.717, 1.165) is 6.42 Å². The van der Waals surface area contributed by atoms with E-state index in [9.17, 15) is 15.3 Å². The average Bonchev–Trinajstić information content (AvgIpc) is 2.63. The normalized spacial score (nSPS) is 27.7. The van der Waals surface area contributed by atoms with Crippen LogP contribution in [0.5, 0.6) is 17.2 Å². The molecule has 0 amide bonds. The molecule has 4 heteroatoms. The van der Waals surface area contributed by atoms with Crippen molar-refractivity contribution in [2.45, 2.75) is 25.8 Å². The first-order valence-electron chi connectivity index (χ1n) is 4.83. The highest BCUT2D eigenvalue weighted by atomic mass is 16.3. The molecule has 82 valence electrons. The minimum absolute atomic E-state index is 0.0894. The predicted molar refractivity (Wildman–Crippen MR) is 55.7 cm³/mol. The molecule has 1 aliphatic carbocycles. The summed E-state index contributed by atoms with van der Waals surface area (Å²) in [6.45, 7) is 3.99. The largest absolute Gasteiger partial charge is 0.504 e. The van der Waals surface area contributed by atoms with Crippen molar-refractivity contribution < 1.29 is 15.3 Å². The van der Waals surface area contributed by atoms with Crippen molar-refractivity contribution in [1.82, 2.24) is 0 Å². The van der Waals surface area contributed by atoms with Crippen LogP contribution < -0.4 is 5.73 Å². The van der Waals surface area contributed by atoms with Gasteiger partial charge in [0.1, 0.15) is 0 Å². The zero-order chi connectivity index (χ0) is 11.4. The highest BCUT2D eigenvalue weighted by molar-refractivity contribution is 5.57. The van der Waals surface area contributed by atoms with Gasteiger partial charge in [0, 0.05) is 5.56 Å². The molecule has 1 fully saturated rings. The van der Waals surface area contributed by atoms with Gasteiger partial charge < -0.3 is 21.1 Å². The fourth-order valence-electron chi connectivity index (χ4n) is 2.04. The highest BCUT2D eigenvalue weighted by Gasteiger charge is 2.60. The molecule has 1 unspecified atom stereocenters. The summed E-state index contributed by atoms with van der Waals surface area (Å²) in [5.41, 5.74) is 5.90. The molecule has 1 atom stereocenters. The quantitative estimate of drug-likeness (QED) is 0.526. The van der Waals surface area contributed by atoms with Crippen LogP contribution in [0.25, 0.3) is 0 Å². The molecule has 4 nitrogen and oxygen atoms in total. The summed E-state index contributed by atoms with van der Waals surface area (Å²) < 4.78 is 0. The van der Waals surface area contributed by atoms with E-state index < -0.39 is 11.3 Å². The van der Waals surface area contributed by atoms with Gasteiger partial charge in [-0.2, -0.15) is 0 Å². The van der Waals surface area contributed by atoms with Gasteiger partial charge in [-0.1, -0.05) is 13.8 Å². The number of benzene rings is 1. The van der Waals surface area contributed by atoms with Crippen molar-refractivity contribution in [3.05, 3.63) is 17.7 Å². The number of phenols is 3. The predicted octanol–water partition coefficient (Wildman–Crippen LogP) is 1.39. The van der Waals surface area contributed by atoms with Gasteiger partial charge in [0.15, 0.2) is 11.5 Å². The topological polar surface area (TPSA) is 86.7 Å². The Hall–Kier alpha value is -1.42. The summed E-state index contributed by atoms with van der Waals surface area (Å²) in [5.74, 6) is -1.15. The van der Waals surface area contributed by atoms with Crippen molar-refractivity contribution in [2.75, 3.05) is 0 Å². The lowest BCUT2D eigenvalue weighted by molar-refractivity contribution is 0.358. The van der Waals surface area contributed by atoms with Crippen LogP contribution >= 0.6 is 0 Å². The maximum atomic E-state index is 9.70. The molecule has 0 saturated heterocycles. The molecule has 0 radical (unpaired) electrons. The lowest BCUT2D eigenvalue weighted by atomic mass is 9.96. The Morgan fingerprint density at radius 2 is 1.67 bits per heavy atom. The Kier molecular flexibility index (Phi) is 1.74. The summed E-state index contributed by atoms with van der Waals surface area (Å²) in [6, 6.07) is 2.90. The van der Waals surface area contributed by atoms with Crippen LogP contribution in [-0.4, -0.2) is 15.3 Å². The number of rotatable bonds is 1. The smallest absolute Gasteiger partial charge is 0.200 e. The minimum Gasteiger partial charge on any atom is -0.504 e. The van der Waals surface area contributed by atoms with Gasteiger partial charge in [-0.05, 0) is 24.0 Å². The standard InChI is InChI=1S/C11H15NO3/c1-10(2)5-11(10,12)6-3-4-7(13)9(15)8(6)14/h3-4,13-15H,5,12H2,1-2H3. The highest BCUT2D eigenvalue weighted by Crippen LogP contribution is 2.63. The molecule has 0 heterocycles. The van der Waals surface area contributed by atoms with Crippen LogP contribution in [0.1, 0.15) is 25.8 Å². The first-order valence-corrected chi connectivity index (χ1v) is 4.83. The maximum absolute atomic E-state index is 9.70. The summed E-state index contributed by atoms with van der Waals surface area (Å²) in [4.78, 5) is 0. The summed E-state index contributed by atoms with van der Waals surface area (Å²) in [5, 5.41) is 28.3. The van der Waals surface area contributed by atoms with Crippen LogP contribution in [-0.2, 0) is 5.54 Å². The maximum Gasteiger partial charge on any atom is 0.200 e. The van der Waals surface area contributed by atoms with E-state index in [1.165, 1.54) is 6.07 Å². The summed E-state index contributed by atoms with van der Waals surface area (Å²) >= 11 is 0. The Morgan fingerprint density at radius 1 is 1.13 bits per heavy atom. The molecule has 1 aromatic carbocycles. The molecular weight excluding hydrogens is 194 g/mol. The van der Waals surface area contributed by atoms with Gasteiger partial charge in [0.2, 0.25) is 5.75 Å². The Morgan fingerprint density at radius 3 is 2.13 bits per heavy atom. The molecule has 1 aromatic rings. The SMILES string of the molecule is CC1(C)CC1(N)c1ccc(O)c(O)c1O. The Labute approximate surface area is 88.0 Å². The van der Waals surface area contributed by atoms with Crippen molar-refractivity contribution in [3.63, 3.8) is 0 Å². The van der Waals surface area contributed by atoms with E-state index in [1.54, 1.807) is 6.07 Å². The fraction of sp³-hybridized carbons (Fsp3) is 0.455.